The highest BCUT2D eigenvalue weighted by molar-refractivity contribution is 6.07. The van der Waals surface area contributed by atoms with E-state index in [0.717, 1.165) is 0 Å². The van der Waals surface area contributed by atoms with E-state index in [-0.39, 0.29) is 11.8 Å². The average molecular weight is 341 g/mol. The smallest absolute Gasteiger partial charge is 0.255 e. The lowest BCUT2D eigenvalue weighted by atomic mass is 10.1. The Bertz CT molecular complexity index is 991. The molecular formula is C21H15N3O2. The Labute approximate surface area is 150 Å². The van der Waals surface area contributed by atoms with E-state index in [2.05, 4.69) is 10.6 Å². The molecule has 3 aromatic carbocycles. The van der Waals surface area contributed by atoms with Gasteiger partial charge >= 0.3 is 0 Å². The van der Waals surface area contributed by atoms with Crippen LogP contribution in [-0.4, -0.2) is 11.8 Å². The minimum Gasteiger partial charge on any atom is -0.322 e. The van der Waals surface area contributed by atoms with Gasteiger partial charge in [-0.15, -0.1) is 0 Å². The van der Waals surface area contributed by atoms with Crippen LogP contribution < -0.4 is 10.6 Å². The third-order valence-corrected chi connectivity index (χ3v) is 3.71. The number of nitrogens with zero attached hydrogens (tertiary/aromatic N) is 1. The van der Waals surface area contributed by atoms with Crippen molar-refractivity contribution in [2.24, 2.45) is 0 Å². The molecule has 0 aliphatic heterocycles. The first-order valence-electron chi connectivity index (χ1n) is 7.94. The maximum absolute atomic E-state index is 12.5. The molecule has 0 bridgehead atoms. The second-order valence-corrected chi connectivity index (χ2v) is 5.51. The first-order valence-corrected chi connectivity index (χ1v) is 7.94. The predicted octanol–water partition coefficient (Wildman–Crippen LogP) is 4.06. The SMILES string of the molecule is N#Cc1ccccc1NC(=O)c1cccc(NC(=O)c2ccccc2)c1. The Hall–Kier alpha value is -3.91. The summed E-state index contributed by atoms with van der Waals surface area (Å²) in [5, 5.41) is 14.6. The van der Waals surface area contributed by atoms with E-state index >= 15 is 0 Å². The number of hydrogen-bond donors (Lipinski definition) is 2. The molecule has 126 valence electrons. The van der Waals surface area contributed by atoms with Crippen molar-refractivity contribution in [3.05, 3.63) is 95.6 Å². The third-order valence-electron chi connectivity index (χ3n) is 3.71. The zero-order valence-corrected chi connectivity index (χ0v) is 13.8. The average Bonchev–Trinajstić information content (AvgIpc) is 2.69. The largest absolute Gasteiger partial charge is 0.322 e. The van der Waals surface area contributed by atoms with Crippen LogP contribution in [0.3, 0.4) is 0 Å². The quantitative estimate of drug-likeness (QED) is 0.750. The summed E-state index contributed by atoms with van der Waals surface area (Å²) in [6, 6.07) is 24.3. The van der Waals surface area contributed by atoms with E-state index in [1.54, 1.807) is 72.8 Å². The van der Waals surface area contributed by atoms with Gasteiger partial charge < -0.3 is 10.6 Å². The van der Waals surface area contributed by atoms with Crippen LogP contribution in [0.15, 0.2) is 78.9 Å². The van der Waals surface area contributed by atoms with Gasteiger partial charge in [0.2, 0.25) is 0 Å². The zero-order valence-electron chi connectivity index (χ0n) is 13.8. The molecule has 2 N–H and O–H groups in total. The fraction of sp³-hybridized carbons (Fsp3) is 0. The summed E-state index contributed by atoms with van der Waals surface area (Å²) < 4.78 is 0. The van der Waals surface area contributed by atoms with Crippen LogP contribution in [0.4, 0.5) is 11.4 Å². The third kappa shape index (κ3) is 3.94. The van der Waals surface area contributed by atoms with Crippen LogP contribution >= 0.6 is 0 Å². The van der Waals surface area contributed by atoms with Gasteiger partial charge in [-0.25, -0.2) is 0 Å². The Morgan fingerprint density at radius 1 is 0.731 bits per heavy atom. The normalized spacial score (nSPS) is 9.81. The number of amides is 2. The van der Waals surface area contributed by atoms with Crippen LogP contribution in [-0.2, 0) is 0 Å². The molecule has 26 heavy (non-hydrogen) atoms. The number of benzene rings is 3. The lowest BCUT2D eigenvalue weighted by Gasteiger charge is -2.09. The molecule has 0 aromatic heterocycles. The van der Waals surface area contributed by atoms with Crippen molar-refractivity contribution in [1.29, 1.82) is 5.26 Å². The highest BCUT2D eigenvalue weighted by atomic mass is 16.2. The maximum Gasteiger partial charge on any atom is 0.255 e. The van der Waals surface area contributed by atoms with Gasteiger partial charge in [0, 0.05) is 16.8 Å². The number of hydrogen-bond acceptors (Lipinski definition) is 3. The topological polar surface area (TPSA) is 82.0 Å². The molecule has 5 nitrogen and oxygen atoms in total. The number of nitrogens with one attached hydrogen (secondary N) is 2. The molecule has 0 heterocycles. The molecule has 0 aliphatic rings. The minimum absolute atomic E-state index is 0.252. The molecule has 0 spiro atoms. The van der Waals surface area contributed by atoms with Gasteiger partial charge in [-0.1, -0.05) is 36.4 Å². The Morgan fingerprint density at radius 3 is 2.15 bits per heavy atom. The van der Waals surface area contributed by atoms with Gasteiger partial charge in [0.25, 0.3) is 11.8 Å². The summed E-state index contributed by atoms with van der Waals surface area (Å²) in [4.78, 5) is 24.7. The van der Waals surface area contributed by atoms with Crippen LogP contribution in [0.2, 0.25) is 0 Å². The molecule has 0 atom stereocenters. The molecule has 0 saturated heterocycles. The standard InChI is InChI=1S/C21H15N3O2/c22-14-17-9-4-5-12-19(17)24-21(26)16-10-6-11-18(13-16)23-20(25)15-7-2-1-3-8-15/h1-13H,(H,23,25)(H,24,26). The van der Waals surface area contributed by atoms with Crippen molar-refractivity contribution in [3.63, 3.8) is 0 Å². The number of rotatable bonds is 4. The van der Waals surface area contributed by atoms with E-state index < -0.39 is 0 Å². The van der Waals surface area contributed by atoms with Crippen molar-refractivity contribution in [2.75, 3.05) is 10.6 Å². The Morgan fingerprint density at radius 2 is 1.38 bits per heavy atom. The molecule has 0 radical (unpaired) electrons. The van der Waals surface area contributed by atoms with Crippen molar-refractivity contribution < 1.29 is 9.59 Å². The highest BCUT2D eigenvalue weighted by Gasteiger charge is 2.11. The first kappa shape index (κ1) is 16.9. The molecule has 0 fully saturated rings. The van der Waals surface area contributed by atoms with E-state index in [1.807, 2.05) is 12.1 Å². The van der Waals surface area contributed by atoms with E-state index in [9.17, 15) is 9.59 Å². The second kappa shape index (κ2) is 7.77. The van der Waals surface area contributed by atoms with Crippen LogP contribution in [0, 0.1) is 11.3 Å². The fourth-order valence-corrected chi connectivity index (χ4v) is 2.42. The molecule has 3 aromatic rings. The van der Waals surface area contributed by atoms with E-state index in [0.29, 0.717) is 28.1 Å². The second-order valence-electron chi connectivity index (χ2n) is 5.51. The molecule has 0 saturated carbocycles. The monoisotopic (exact) mass is 341 g/mol. The number of para-hydroxylation sites is 1. The summed E-state index contributed by atoms with van der Waals surface area (Å²) >= 11 is 0. The summed E-state index contributed by atoms with van der Waals surface area (Å²) in [6.07, 6.45) is 0. The molecule has 0 unspecified atom stereocenters. The fourth-order valence-electron chi connectivity index (χ4n) is 2.42. The molecular weight excluding hydrogens is 326 g/mol. The lowest BCUT2D eigenvalue weighted by Crippen LogP contribution is -2.15. The molecule has 3 rings (SSSR count). The molecule has 0 aliphatic carbocycles. The summed E-state index contributed by atoms with van der Waals surface area (Å²) in [5.74, 6) is -0.610. The summed E-state index contributed by atoms with van der Waals surface area (Å²) in [7, 11) is 0. The van der Waals surface area contributed by atoms with Gasteiger partial charge in [0.15, 0.2) is 0 Å². The Kier molecular flexibility index (Phi) is 5.06. The highest BCUT2D eigenvalue weighted by Crippen LogP contribution is 2.17. The Balaban J connectivity index is 1.76. The van der Waals surface area contributed by atoms with Gasteiger partial charge in [0.1, 0.15) is 6.07 Å². The predicted molar refractivity (Wildman–Crippen MR) is 99.9 cm³/mol. The van der Waals surface area contributed by atoms with Gasteiger partial charge in [-0.05, 0) is 42.5 Å². The van der Waals surface area contributed by atoms with Crippen molar-refractivity contribution >= 4 is 23.2 Å². The number of carbonyl (C=O) groups is 2. The minimum atomic E-state index is -0.358. The van der Waals surface area contributed by atoms with Gasteiger partial charge in [-0.2, -0.15) is 5.26 Å². The van der Waals surface area contributed by atoms with Crippen LogP contribution in [0.25, 0.3) is 0 Å². The molecule has 5 heteroatoms. The van der Waals surface area contributed by atoms with Gasteiger partial charge in [-0.3, -0.25) is 9.59 Å². The number of carbonyl (C=O) groups excluding carboxylic acids is 2. The van der Waals surface area contributed by atoms with Crippen LogP contribution in [0.1, 0.15) is 26.3 Å². The van der Waals surface area contributed by atoms with Crippen molar-refractivity contribution in [2.45, 2.75) is 0 Å². The van der Waals surface area contributed by atoms with Crippen molar-refractivity contribution in [1.82, 2.24) is 0 Å². The maximum atomic E-state index is 12.5. The lowest BCUT2D eigenvalue weighted by molar-refractivity contribution is 0.101. The van der Waals surface area contributed by atoms with Gasteiger partial charge in [0.05, 0.1) is 11.3 Å². The number of anilines is 2. The first-order chi connectivity index (χ1) is 12.7. The number of nitriles is 1. The van der Waals surface area contributed by atoms with Crippen LogP contribution in [0.5, 0.6) is 0 Å². The zero-order chi connectivity index (χ0) is 18.4. The summed E-state index contributed by atoms with van der Waals surface area (Å²) in [6.45, 7) is 0. The molecule has 2 amide bonds. The van der Waals surface area contributed by atoms with Crippen molar-refractivity contribution in [3.8, 4) is 6.07 Å². The van der Waals surface area contributed by atoms with E-state index in [1.165, 1.54) is 0 Å². The summed E-state index contributed by atoms with van der Waals surface area (Å²) in [5.41, 5.74) is 2.25. The van der Waals surface area contributed by atoms with E-state index in [4.69, 9.17) is 5.26 Å².